The Balaban J connectivity index is 2.58. The van der Waals surface area contributed by atoms with Gasteiger partial charge in [0.05, 0.1) is 16.5 Å². The third-order valence-electron chi connectivity index (χ3n) is 4.06. The van der Waals surface area contributed by atoms with Crippen LogP contribution in [0.15, 0.2) is 29.3 Å². The maximum absolute atomic E-state index is 12.1. The summed E-state index contributed by atoms with van der Waals surface area (Å²) >= 11 is 0. The molecule has 0 spiro atoms. The molecule has 0 amide bonds. The highest BCUT2D eigenvalue weighted by atomic mass is 32.2. The summed E-state index contributed by atoms with van der Waals surface area (Å²) in [5.74, 6) is 0.683. The molecule has 0 heterocycles. The first-order chi connectivity index (χ1) is 11.1. The van der Waals surface area contributed by atoms with E-state index in [4.69, 9.17) is 0 Å². The minimum atomic E-state index is -3.14. The van der Waals surface area contributed by atoms with Gasteiger partial charge in [-0.3, -0.25) is 4.99 Å². The van der Waals surface area contributed by atoms with E-state index in [1.165, 1.54) is 5.56 Å². The first-order valence-corrected chi connectivity index (χ1v) is 10.0. The van der Waals surface area contributed by atoms with Crippen molar-refractivity contribution in [2.45, 2.75) is 51.8 Å². The summed E-state index contributed by atoms with van der Waals surface area (Å²) in [4.78, 5) is 4.17. The van der Waals surface area contributed by atoms with Gasteiger partial charge in [0.1, 0.15) is 0 Å². The smallest absolute Gasteiger partial charge is 0.191 e. The predicted octanol–water partition coefficient (Wildman–Crippen LogP) is 2.69. The molecule has 24 heavy (non-hydrogen) atoms. The Morgan fingerprint density at radius 2 is 1.79 bits per heavy atom. The Bertz CT molecular complexity index is 644. The summed E-state index contributed by atoms with van der Waals surface area (Å²) in [6, 6.07) is 8.54. The van der Waals surface area contributed by atoms with Gasteiger partial charge in [0, 0.05) is 13.6 Å². The predicted molar refractivity (Wildman–Crippen MR) is 102 cm³/mol. The van der Waals surface area contributed by atoms with Crippen molar-refractivity contribution >= 4 is 15.8 Å². The molecule has 0 saturated carbocycles. The number of nitrogens with one attached hydrogen (secondary N) is 2. The molecule has 6 heteroatoms. The molecular weight excluding hydrogens is 322 g/mol. The van der Waals surface area contributed by atoms with Crippen molar-refractivity contribution in [1.82, 2.24) is 10.6 Å². The molecule has 0 bridgehead atoms. The zero-order valence-corrected chi connectivity index (χ0v) is 16.5. The maximum Gasteiger partial charge on any atom is 0.191 e. The van der Waals surface area contributed by atoms with Crippen LogP contribution in [0.1, 0.15) is 51.8 Å². The lowest BCUT2D eigenvalue weighted by molar-refractivity contribution is 0.558. The highest BCUT2D eigenvalue weighted by Crippen LogP contribution is 2.15. The molecule has 0 aromatic heterocycles. The Morgan fingerprint density at radius 1 is 1.21 bits per heavy atom. The van der Waals surface area contributed by atoms with E-state index < -0.39 is 14.6 Å². The number of hydrogen-bond acceptors (Lipinski definition) is 3. The second-order valence-electron chi connectivity index (χ2n) is 6.89. The van der Waals surface area contributed by atoms with E-state index in [-0.39, 0.29) is 11.8 Å². The lowest BCUT2D eigenvalue weighted by Gasteiger charge is -2.21. The van der Waals surface area contributed by atoms with Gasteiger partial charge < -0.3 is 10.6 Å². The van der Waals surface area contributed by atoms with Gasteiger partial charge in [-0.2, -0.15) is 0 Å². The van der Waals surface area contributed by atoms with Gasteiger partial charge in [0.2, 0.25) is 0 Å². The number of hydrogen-bond donors (Lipinski definition) is 2. The quantitative estimate of drug-likeness (QED) is 0.609. The Hall–Kier alpha value is -1.56. The molecule has 0 aliphatic rings. The fourth-order valence-electron chi connectivity index (χ4n) is 2.14. The van der Waals surface area contributed by atoms with Crippen molar-refractivity contribution in [1.29, 1.82) is 0 Å². The molecule has 0 saturated heterocycles. The van der Waals surface area contributed by atoms with E-state index in [9.17, 15) is 8.42 Å². The minimum Gasteiger partial charge on any atom is -0.355 e. The Labute approximate surface area is 146 Å². The summed E-state index contributed by atoms with van der Waals surface area (Å²) in [6.45, 7) is 9.68. The molecule has 1 atom stereocenters. The Morgan fingerprint density at radius 3 is 2.25 bits per heavy atom. The largest absolute Gasteiger partial charge is 0.355 e. The van der Waals surface area contributed by atoms with Crippen molar-refractivity contribution in [3.8, 4) is 0 Å². The van der Waals surface area contributed by atoms with Gasteiger partial charge in [-0.1, -0.05) is 31.2 Å². The first-order valence-electron chi connectivity index (χ1n) is 8.39. The summed E-state index contributed by atoms with van der Waals surface area (Å²) in [5, 5.41) is 6.37. The lowest BCUT2D eigenvalue weighted by Crippen LogP contribution is -2.42. The molecule has 136 valence electrons. The van der Waals surface area contributed by atoms with Crippen LogP contribution < -0.4 is 10.6 Å². The van der Waals surface area contributed by atoms with Crippen LogP contribution >= 0.6 is 0 Å². The molecule has 0 fully saturated rings. The number of benzene rings is 1. The second kappa shape index (κ2) is 8.51. The molecule has 1 unspecified atom stereocenters. The normalized spacial score (nSPS) is 14.3. The number of rotatable bonds is 6. The molecular formula is C18H31N3O2S. The average Bonchev–Trinajstić information content (AvgIpc) is 2.52. The van der Waals surface area contributed by atoms with Crippen molar-refractivity contribution in [2.75, 3.05) is 19.3 Å². The van der Waals surface area contributed by atoms with E-state index in [0.29, 0.717) is 12.5 Å². The highest BCUT2D eigenvalue weighted by molar-refractivity contribution is 7.92. The number of aryl methyl sites for hydroxylation is 1. The van der Waals surface area contributed by atoms with Crippen LogP contribution in [0.2, 0.25) is 0 Å². The monoisotopic (exact) mass is 353 g/mol. The topological polar surface area (TPSA) is 70.6 Å². The number of guanidine groups is 1. The summed E-state index contributed by atoms with van der Waals surface area (Å²) in [7, 11) is -1.45. The van der Waals surface area contributed by atoms with Gasteiger partial charge >= 0.3 is 0 Å². The first kappa shape index (κ1) is 20.5. The lowest BCUT2D eigenvalue weighted by atomic mass is 10.1. The van der Waals surface area contributed by atoms with E-state index in [0.717, 1.165) is 12.0 Å². The fourth-order valence-corrected chi connectivity index (χ4v) is 3.12. The summed E-state index contributed by atoms with van der Waals surface area (Å²) < 4.78 is 23.5. The molecule has 0 aliphatic carbocycles. The number of sulfone groups is 1. The van der Waals surface area contributed by atoms with Crippen molar-refractivity contribution < 1.29 is 8.42 Å². The van der Waals surface area contributed by atoms with Crippen LogP contribution in [0.5, 0.6) is 0 Å². The number of nitrogens with zero attached hydrogens (tertiary/aromatic N) is 1. The zero-order valence-electron chi connectivity index (χ0n) is 15.7. The van der Waals surface area contributed by atoms with E-state index in [2.05, 4.69) is 53.7 Å². The van der Waals surface area contributed by atoms with Gasteiger partial charge in [0.15, 0.2) is 15.8 Å². The molecule has 1 rings (SSSR count). The molecule has 1 aromatic carbocycles. The average molecular weight is 354 g/mol. The van der Waals surface area contributed by atoms with Gasteiger partial charge in [0.25, 0.3) is 0 Å². The molecule has 0 radical (unpaired) electrons. The third kappa shape index (κ3) is 5.82. The van der Waals surface area contributed by atoms with Gasteiger partial charge in [-0.15, -0.1) is 0 Å². The molecule has 5 nitrogen and oxygen atoms in total. The van der Waals surface area contributed by atoms with Crippen LogP contribution in [0.4, 0.5) is 0 Å². The summed E-state index contributed by atoms with van der Waals surface area (Å²) in [5.41, 5.74) is 2.47. The Kier molecular flexibility index (Phi) is 7.27. The zero-order chi connectivity index (χ0) is 18.4. The van der Waals surface area contributed by atoms with Crippen molar-refractivity contribution in [3.63, 3.8) is 0 Å². The van der Waals surface area contributed by atoms with Crippen LogP contribution in [-0.2, 0) is 16.3 Å². The SMILES string of the molecule is CCc1ccc(C(C)NC(=NC)NCCS(=O)(=O)C(C)(C)C)cc1. The standard InChI is InChI=1S/C18H31N3O2S/c1-7-15-8-10-16(11-9-15)14(2)21-17(19-6)20-12-13-24(22,23)18(3,4)5/h8-11,14H,7,12-13H2,1-6H3,(H2,19,20,21). The maximum atomic E-state index is 12.1. The van der Waals surface area contributed by atoms with E-state index >= 15 is 0 Å². The second-order valence-corrected chi connectivity index (χ2v) is 9.75. The fraction of sp³-hybridized carbons (Fsp3) is 0.611. The molecule has 0 aliphatic heterocycles. The third-order valence-corrected chi connectivity index (χ3v) is 6.67. The van der Waals surface area contributed by atoms with Crippen LogP contribution in [0.3, 0.4) is 0 Å². The summed E-state index contributed by atoms with van der Waals surface area (Å²) in [6.07, 6.45) is 1.02. The molecule has 1 aromatic rings. The van der Waals surface area contributed by atoms with Crippen LogP contribution in [0.25, 0.3) is 0 Å². The van der Waals surface area contributed by atoms with E-state index in [1.54, 1.807) is 27.8 Å². The van der Waals surface area contributed by atoms with Crippen molar-refractivity contribution in [2.24, 2.45) is 4.99 Å². The van der Waals surface area contributed by atoms with E-state index in [1.807, 2.05) is 0 Å². The van der Waals surface area contributed by atoms with Crippen LogP contribution in [0, 0.1) is 0 Å². The highest BCUT2D eigenvalue weighted by Gasteiger charge is 2.28. The van der Waals surface area contributed by atoms with Gasteiger partial charge in [-0.25, -0.2) is 8.42 Å². The number of aliphatic imine (C=N–C) groups is 1. The van der Waals surface area contributed by atoms with Crippen LogP contribution in [-0.4, -0.2) is 38.5 Å². The van der Waals surface area contributed by atoms with Gasteiger partial charge in [-0.05, 0) is 45.2 Å². The molecule has 2 N–H and O–H groups in total. The van der Waals surface area contributed by atoms with Crippen molar-refractivity contribution in [3.05, 3.63) is 35.4 Å². The minimum absolute atomic E-state index is 0.0801.